The number of nitrogens with one attached hydrogen (secondary N) is 3. The number of ether oxygens (including phenoxy) is 3. The fourth-order valence-corrected chi connectivity index (χ4v) is 4.63. The molecule has 6 rings (SSSR count). The van der Waals surface area contributed by atoms with Crippen molar-refractivity contribution in [2.75, 3.05) is 11.9 Å². The van der Waals surface area contributed by atoms with Crippen LogP contribution >= 0.6 is 0 Å². The number of amides is 2. The Morgan fingerprint density at radius 1 is 1.31 bits per heavy atom. The highest BCUT2D eigenvalue weighted by Crippen LogP contribution is 2.56. The molecule has 0 unspecified atom stereocenters. The summed E-state index contributed by atoms with van der Waals surface area (Å²) in [6, 6.07) is 2.69. The van der Waals surface area contributed by atoms with Gasteiger partial charge in [-0.3, -0.25) is 14.6 Å². The van der Waals surface area contributed by atoms with Crippen LogP contribution in [0.3, 0.4) is 0 Å². The van der Waals surface area contributed by atoms with Gasteiger partial charge in [-0.05, 0) is 32.1 Å². The summed E-state index contributed by atoms with van der Waals surface area (Å²) in [5, 5.41) is 16.1. The molecule has 1 saturated heterocycles. The Bertz CT molecular complexity index is 1110. The Kier molecular flexibility index (Phi) is 5.65. The van der Waals surface area contributed by atoms with Gasteiger partial charge in [-0.1, -0.05) is 0 Å². The number of aromatic amines is 1. The molecule has 3 saturated carbocycles. The molecule has 0 aromatic carbocycles. The average Bonchev–Trinajstić information content (AvgIpc) is 3.43. The van der Waals surface area contributed by atoms with Crippen molar-refractivity contribution in [1.29, 1.82) is 0 Å². The van der Waals surface area contributed by atoms with Crippen LogP contribution in [0, 0.1) is 5.92 Å². The lowest BCUT2D eigenvalue weighted by Crippen LogP contribution is -2.68. The number of alkyl halides is 3. The fraction of sp³-hybridized carbons (Fsp3) is 0.619. The predicted molar refractivity (Wildman–Crippen MR) is 113 cm³/mol. The van der Waals surface area contributed by atoms with E-state index in [9.17, 15) is 22.8 Å². The Morgan fingerprint density at radius 3 is 2.71 bits per heavy atom. The molecular weight excluding hydrogens is 473 g/mol. The van der Waals surface area contributed by atoms with Crippen molar-refractivity contribution in [3.8, 4) is 5.88 Å². The Balaban J connectivity index is 1.13. The molecule has 0 spiro atoms. The van der Waals surface area contributed by atoms with Crippen LogP contribution in [0.5, 0.6) is 5.88 Å². The number of aryl methyl sites for hydroxylation is 1. The van der Waals surface area contributed by atoms with Gasteiger partial charge in [-0.15, -0.1) is 5.10 Å². The fourth-order valence-electron chi connectivity index (χ4n) is 4.63. The summed E-state index contributed by atoms with van der Waals surface area (Å²) < 4.78 is 55.2. The van der Waals surface area contributed by atoms with Crippen LogP contribution < -0.4 is 15.4 Å². The number of anilines is 1. The van der Waals surface area contributed by atoms with Crippen molar-refractivity contribution >= 4 is 17.8 Å². The van der Waals surface area contributed by atoms with Crippen LogP contribution in [0.4, 0.5) is 23.8 Å². The summed E-state index contributed by atoms with van der Waals surface area (Å²) >= 11 is 0. The second-order valence-electron chi connectivity index (χ2n) is 9.42. The summed E-state index contributed by atoms with van der Waals surface area (Å²) in [6.07, 6.45) is -4.37. The number of hydrogen-bond donors (Lipinski definition) is 3. The SMILES string of the molecule is C[C@H](Oc1cc(C(=O)Nc2cc([C@@H]3C[C@H](OC(=O)NC45CC(C4)C5)CO3)[nH]n2)n(C)n1)C(F)(F)F. The van der Waals surface area contributed by atoms with Crippen LogP contribution in [-0.4, -0.2) is 62.5 Å². The number of carbonyl (C=O) groups is 2. The number of H-pyrrole nitrogens is 1. The van der Waals surface area contributed by atoms with Gasteiger partial charge in [0.05, 0.1) is 12.3 Å². The maximum Gasteiger partial charge on any atom is 0.425 e. The first-order valence-corrected chi connectivity index (χ1v) is 11.2. The van der Waals surface area contributed by atoms with Crippen LogP contribution in [0.1, 0.15) is 54.9 Å². The van der Waals surface area contributed by atoms with Gasteiger partial charge in [0, 0.05) is 31.1 Å². The normalized spacial score (nSPS) is 28.0. The van der Waals surface area contributed by atoms with E-state index < -0.39 is 36.5 Å². The molecule has 0 radical (unpaired) electrons. The maximum atomic E-state index is 12.7. The minimum absolute atomic E-state index is 0.0146. The average molecular weight is 498 g/mol. The second-order valence-corrected chi connectivity index (χ2v) is 9.42. The molecule has 2 bridgehead atoms. The van der Waals surface area contributed by atoms with Gasteiger partial charge in [-0.25, -0.2) is 4.79 Å². The number of hydrogen-bond acceptors (Lipinski definition) is 7. The van der Waals surface area contributed by atoms with E-state index >= 15 is 0 Å². The van der Waals surface area contributed by atoms with Crippen molar-refractivity contribution in [2.45, 2.75) is 62.6 Å². The molecule has 11 nitrogen and oxygen atoms in total. The third-order valence-corrected chi connectivity index (χ3v) is 6.67. The highest BCUT2D eigenvalue weighted by Gasteiger charge is 2.57. The summed E-state index contributed by atoms with van der Waals surface area (Å²) in [6.45, 7) is 1.09. The van der Waals surface area contributed by atoms with Gasteiger partial charge in [0.2, 0.25) is 5.88 Å². The first-order chi connectivity index (χ1) is 16.5. The Morgan fingerprint density at radius 2 is 2.06 bits per heavy atom. The number of carbonyl (C=O) groups excluding carboxylic acids is 2. The first kappa shape index (κ1) is 23.5. The molecule has 2 aromatic heterocycles. The molecule has 190 valence electrons. The molecule has 35 heavy (non-hydrogen) atoms. The van der Waals surface area contributed by atoms with Crippen LogP contribution in [0.2, 0.25) is 0 Å². The van der Waals surface area contributed by atoms with Gasteiger partial charge < -0.3 is 24.8 Å². The quantitative estimate of drug-likeness (QED) is 0.535. The van der Waals surface area contributed by atoms with Crippen LogP contribution in [0.15, 0.2) is 12.1 Å². The lowest BCUT2D eigenvalue weighted by Gasteiger charge is -2.61. The van der Waals surface area contributed by atoms with E-state index in [1.807, 2.05) is 0 Å². The first-order valence-electron chi connectivity index (χ1n) is 11.2. The standard InChI is InChI=1S/C21H25F3N6O5/c1-10(21(22,23)24)34-17-5-14(30(2)29-17)18(31)25-16-4-13(27-28-16)15-3-12(9-33-15)35-19(32)26-20-6-11(7-20)8-20/h4-5,10-12,15H,3,6-9H2,1-2H3,(H,26,32)(H2,25,27,28,31)/t10-,11?,12-,15-,20?/m0/s1. The van der Waals surface area contributed by atoms with E-state index in [0.29, 0.717) is 12.1 Å². The molecule has 3 atom stereocenters. The maximum absolute atomic E-state index is 12.7. The summed E-state index contributed by atoms with van der Waals surface area (Å²) in [5.74, 6) is -0.0254. The highest BCUT2D eigenvalue weighted by atomic mass is 19.4. The van der Waals surface area contributed by atoms with Crippen molar-refractivity contribution < 1.29 is 37.0 Å². The summed E-state index contributed by atoms with van der Waals surface area (Å²) in [5.41, 5.74) is 0.507. The molecular formula is C21H25F3N6O5. The molecule has 3 heterocycles. The molecule has 1 aliphatic heterocycles. The van der Waals surface area contributed by atoms with Crippen LogP contribution in [0.25, 0.3) is 0 Å². The van der Waals surface area contributed by atoms with Crippen molar-refractivity contribution in [3.05, 3.63) is 23.5 Å². The van der Waals surface area contributed by atoms with Gasteiger partial charge in [-0.2, -0.15) is 18.3 Å². The van der Waals surface area contributed by atoms with Gasteiger partial charge >= 0.3 is 12.3 Å². The van der Waals surface area contributed by atoms with Gasteiger partial charge in [0.15, 0.2) is 11.9 Å². The van der Waals surface area contributed by atoms with E-state index in [2.05, 4.69) is 25.9 Å². The largest absolute Gasteiger partial charge is 0.464 e. The van der Waals surface area contributed by atoms with Crippen LogP contribution in [-0.2, 0) is 16.5 Å². The lowest BCUT2D eigenvalue weighted by atomic mass is 9.50. The van der Waals surface area contributed by atoms with E-state index in [4.69, 9.17) is 14.2 Å². The lowest BCUT2D eigenvalue weighted by molar-refractivity contribution is -0.190. The molecule has 3 N–H and O–H groups in total. The monoisotopic (exact) mass is 498 g/mol. The third kappa shape index (κ3) is 4.79. The number of rotatable bonds is 7. The Hall–Kier alpha value is -3.29. The summed E-state index contributed by atoms with van der Waals surface area (Å²) in [7, 11) is 1.41. The number of nitrogens with zero attached hydrogens (tertiary/aromatic N) is 3. The number of aromatic nitrogens is 4. The number of alkyl carbamates (subject to hydrolysis) is 1. The molecule has 2 amide bonds. The molecule has 4 fully saturated rings. The van der Waals surface area contributed by atoms with E-state index in [1.54, 1.807) is 6.07 Å². The van der Waals surface area contributed by atoms with Crippen molar-refractivity contribution in [3.63, 3.8) is 0 Å². The second kappa shape index (κ2) is 8.43. The smallest absolute Gasteiger partial charge is 0.425 e. The zero-order valence-corrected chi connectivity index (χ0v) is 19.0. The molecule has 2 aromatic rings. The predicted octanol–water partition coefficient (Wildman–Crippen LogP) is 2.83. The highest BCUT2D eigenvalue weighted by molar-refractivity contribution is 6.02. The third-order valence-electron chi connectivity index (χ3n) is 6.67. The molecule has 14 heteroatoms. The number of halogens is 3. The van der Waals surface area contributed by atoms with Crippen molar-refractivity contribution in [1.82, 2.24) is 25.3 Å². The molecule has 3 aliphatic carbocycles. The minimum atomic E-state index is -4.56. The zero-order chi connectivity index (χ0) is 25.0. The zero-order valence-electron chi connectivity index (χ0n) is 19.0. The topological polar surface area (TPSA) is 132 Å². The van der Waals surface area contributed by atoms with E-state index in [-0.39, 0.29) is 29.5 Å². The van der Waals surface area contributed by atoms with E-state index in [1.165, 1.54) is 7.05 Å². The minimum Gasteiger partial charge on any atom is -0.464 e. The van der Waals surface area contributed by atoms with Gasteiger partial charge in [0.1, 0.15) is 17.9 Å². The Labute approximate surface area is 197 Å². The summed E-state index contributed by atoms with van der Waals surface area (Å²) in [4.78, 5) is 24.7. The van der Waals surface area contributed by atoms with Gasteiger partial charge in [0.25, 0.3) is 5.91 Å². The van der Waals surface area contributed by atoms with E-state index in [0.717, 1.165) is 42.9 Å². The van der Waals surface area contributed by atoms with Crippen molar-refractivity contribution in [2.24, 2.45) is 13.0 Å². The molecule has 4 aliphatic rings.